The monoisotopic (exact) mass is 323 g/mol. The van der Waals surface area contributed by atoms with Crippen LogP contribution in [-0.2, 0) is 11.3 Å². The number of carboxylic acid groups (broad SMARTS) is 1. The van der Waals surface area contributed by atoms with Gasteiger partial charge in [0.2, 0.25) is 0 Å². The molecule has 0 aliphatic heterocycles. The fourth-order valence-electron chi connectivity index (χ4n) is 1.72. The zero-order valence-corrected chi connectivity index (χ0v) is 12.0. The summed E-state index contributed by atoms with van der Waals surface area (Å²) in [5.74, 6) is 0.620. The van der Waals surface area contributed by atoms with Crippen molar-refractivity contribution < 1.29 is 14.3 Å². The van der Waals surface area contributed by atoms with Crippen LogP contribution < -0.4 is 5.32 Å². The fraction of sp³-hybridized carbons (Fsp3) is 0.214. The van der Waals surface area contributed by atoms with Crippen LogP contribution in [0, 0.1) is 6.92 Å². The number of hydrogen-bond acceptors (Lipinski definition) is 3. The second-order valence-corrected chi connectivity index (χ2v) is 5.08. The SMILES string of the molecule is Cc1cc(-c2ccc(CNCC(=O)O)o2)ccc1Br. The molecule has 0 aliphatic rings. The zero-order valence-electron chi connectivity index (χ0n) is 10.4. The van der Waals surface area contributed by atoms with E-state index in [2.05, 4.69) is 21.2 Å². The van der Waals surface area contributed by atoms with E-state index in [9.17, 15) is 4.79 Å². The van der Waals surface area contributed by atoms with Crippen LogP contribution >= 0.6 is 15.9 Å². The van der Waals surface area contributed by atoms with Gasteiger partial charge in [0, 0.05) is 10.0 Å². The highest BCUT2D eigenvalue weighted by molar-refractivity contribution is 9.10. The van der Waals surface area contributed by atoms with Gasteiger partial charge in [-0.1, -0.05) is 22.0 Å². The second kappa shape index (κ2) is 6.04. The number of furan rings is 1. The van der Waals surface area contributed by atoms with Gasteiger partial charge < -0.3 is 9.52 Å². The molecular formula is C14H14BrNO3. The van der Waals surface area contributed by atoms with Gasteiger partial charge in [-0.3, -0.25) is 10.1 Å². The summed E-state index contributed by atoms with van der Waals surface area (Å²) >= 11 is 3.46. The van der Waals surface area contributed by atoms with Crippen LogP contribution in [0.2, 0.25) is 0 Å². The molecule has 1 aromatic heterocycles. The lowest BCUT2D eigenvalue weighted by molar-refractivity contribution is -0.136. The maximum Gasteiger partial charge on any atom is 0.317 e. The normalized spacial score (nSPS) is 10.6. The molecule has 0 fully saturated rings. The van der Waals surface area contributed by atoms with Crippen molar-refractivity contribution in [2.75, 3.05) is 6.54 Å². The standard InChI is InChI=1S/C14H14BrNO3/c1-9-6-10(2-4-12(9)15)13-5-3-11(19-13)7-16-8-14(17)18/h2-6,16H,7-8H2,1H3,(H,17,18). The molecule has 100 valence electrons. The van der Waals surface area contributed by atoms with Crippen molar-refractivity contribution in [3.63, 3.8) is 0 Å². The average Bonchev–Trinajstić information content (AvgIpc) is 2.81. The molecule has 1 heterocycles. The molecule has 0 saturated heterocycles. The highest BCUT2D eigenvalue weighted by Gasteiger charge is 2.06. The topological polar surface area (TPSA) is 62.5 Å². The number of nitrogens with one attached hydrogen (secondary N) is 1. The quantitative estimate of drug-likeness (QED) is 0.887. The summed E-state index contributed by atoms with van der Waals surface area (Å²) in [6, 6.07) is 9.74. The van der Waals surface area contributed by atoms with E-state index in [1.165, 1.54) is 0 Å². The highest BCUT2D eigenvalue weighted by Crippen LogP contribution is 2.26. The number of aliphatic carboxylic acids is 1. The number of carbonyl (C=O) groups is 1. The van der Waals surface area contributed by atoms with Crippen molar-refractivity contribution in [3.05, 3.63) is 46.1 Å². The summed E-state index contributed by atoms with van der Waals surface area (Å²) in [7, 11) is 0. The minimum atomic E-state index is -0.879. The van der Waals surface area contributed by atoms with E-state index in [-0.39, 0.29) is 6.54 Å². The largest absolute Gasteiger partial charge is 0.480 e. The lowest BCUT2D eigenvalue weighted by Gasteiger charge is -2.02. The molecule has 0 aliphatic carbocycles. The summed E-state index contributed by atoms with van der Waals surface area (Å²) in [6.45, 7) is 2.35. The second-order valence-electron chi connectivity index (χ2n) is 4.23. The van der Waals surface area contributed by atoms with Crippen LogP contribution in [0.15, 0.2) is 39.2 Å². The number of halogens is 1. The van der Waals surface area contributed by atoms with Crippen molar-refractivity contribution in [1.82, 2.24) is 5.32 Å². The third-order valence-corrected chi connectivity index (χ3v) is 3.57. The molecule has 1 aromatic carbocycles. The Morgan fingerprint density at radius 2 is 2.16 bits per heavy atom. The first-order valence-electron chi connectivity index (χ1n) is 5.84. The van der Waals surface area contributed by atoms with Crippen molar-refractivity contribution in [2.24, 2.45) is 0 Å². The molecule has 0 saturated carbocycles. The summed E-state index contributed by atoms with van der Waals surface area (Å²) < 4.78 is 6.74. The summed E-state index contributed by atoms with van der Waals surface area (Å²) in [6.07, 6.45) is 0. The average molecular weight is 324 g/mol. The molecule has 2 rings (SSSR count). The van der Waals surface area contributed by atoms with Gasteiger partial charge in [0.1, 0.15) is 11.5 Å². The summed E-state index contributed by atoms with van der Waals surface area (Å²) in [4.78, 5) is 10.4. The van der Waals surface area contributed by atoms with E-state index >= 15 is 0 Å². The Balaban J connectivity index is 2.07. The van der Waals surface area contributed by atoms with Crippen LogP contribution in [-0.4, -0.2) is 17.6 Å². The van der Waals surface area contributed by atoms with Crippen LogP contribution in [0.4, 0.5) is 0 Å². The van der Waals surface area contributed by atoms with E-state index in [0.717, 1.165) is 27.1 Å². The molecule has 4 nitrogen and oxygen atoms in total. The number of benzene rings is 1. The molecule has 0 bridgehead atoms. The zero-order chi connectivity index (χ0) is 13.8. The first-order chi connectivity index (χ1) is 9.06. The van der Waals surface area contributed by atoms with Crippen molar-refractivity contribution in [2.45, 2.75) is 13.5 Å². The van der Waals surface area contributed by atoms with Gasteiger partial charge in [-0.25, -0.2) is 0 Å². The van der Waals surface area contributed by atoms with Gasteiger partial charge in [0.25, 0.3) is 0 Å². The Bertz CT molecular complexity index is 592. The Morgan fingerprint density at radius 3 is 2.84 bits per heavy atom. The molecule has 19 heavy (non-hydrogen) atoms. The van der Waals surface area contributed by atoms with Gasteiger partial charge in [0.05, 0.1) is 13.1 Å². The first-order valence-corrected chi connectivity index (χ1v) is 6.63. The molecule has 2 N–H and O–H groups in total. The maximum atomic E-state index is 10.4. The third-order valence-electron chi connectivity index (χ3n) is 2.68. The Kier molecular flexibility index (Phi) is 4.39. The van der Waals surface area contributed by atoms with Crippen molar-refractivity contribution in [3.8, 4) is 11.3 Å². The molecule has 0 atom stereocenters. The van der Waals surface area contributed by atoms with Gasteiger partial charge in [-0.2, -0.15) is 0 Å². The molecule has 0 amide bonds. The van der Waals surface area contributed by atoms with E-state index in [1.807, 2.05) is 37.3 Å². The van der Waals surface area contributed by atoms with E-state index in [1.54, 1.807) is 0 Å². The van der Waals surface area contributed by atoms with Crippen LogP contribution in [0.3, 0.4) is 0 Å². The molecule has 0 radical (unpaired) electrons. The first kappa shape index (κ1) is 13.8. The summed E-state index contributed by atoms with van der Waals surface area (Å²) in [5.41, 5.74) is 2.14. The van der Waals surface area contributed by atoms with Crippen LogP contribution in [0.5, 0.6) is 0 Å². The molecule has 0 unspecified atom stereocenters. The number of hydrogen-bond donors (Lipinski definition) is 2. The van der Waals surface area contributed by atoms with Crippen molar-refractivity contribution in [1.29, 1.82) is 0 Å². The lowest BCUT2D eigenvalue weighted by Crippen LogP contribution is -2.21. The van der Waals surface area contributed by atoms with Gasteiger partial charge in [-0.05, 0) is 36.8 Å². The molecular weight excluding hydrogens is 310 g/mol. The van der Waals surface area contributed by atoms with Crippen LogP contribution in [0.25, 0.3) is 11.3 Å². The smallest absolute Gasteiger partial charge is 0.317 e. The Hall–Kier alpha value is -1.59. The van der Waals surface area contributed by atoms with E-state index in [0.29, 0.717) is 6.54 Å². The van der Waals surface area contributed by atoms with Gasteiger partial charge >= 0.3 is 5.97 Å². The van der Waals surface area contributed by atoms with Gasteiger partial charge in [0.15, 0.2) is 0 Å². The predicted molar refractivity (Wildman–Crippen MR) is 75.9 cm³/mol. The predicted octanol–water partition coefficient (Wildman–Crippen LogP) is 3.19. The molecule has 0 spiro atoms. The van der Waals surface area contributed by atoms with E-state index in [4.69, 9.17) is 9.52 Å². The number of aryl methyl sites for hydroxylation is 1. The van der Waals surface area contributed by atoms with E-state index < -0.39 is 5.97 Å². The van der Waals surface area contributed by atoms with Crippen molar-refractivity contribution >= 4 is 21.9 Å². The molecule has 2 aromatic rings. The summed E-state index contributed by atoms with van der Waals surface area (Å²) in [5, 5.41) is 11.3. The Morgan fingerprint density at radius 1 is 1.37 bits per heavy atom. The number of rotatable bonds is 5. The minimum absolute atomic E-state index is 0.0760. The van der Waals surface area contributed by atoms with Gasteiger partial charge in [-0.15, -0.1) is 0 Å². The van der Waals surface area contributed by atoms with Crippen LogP contribution in [0.1, 0.15) is 11.3 Å². The fourth-order valence-corrected chi connectivity index (χ4v) is 1.97. The molecule has 5 heteroatoms. The highest BCUT2D eigenvalue weighted by atomic mass is 79.9. The maximum absolute atomic E-state index is 10.4. The Labute approximate surface area is 119 Å². The minimum Gasteiger partial charge on any atom is -0.480 e. The third kappa shape index (κ3) is 3.68. The number of carboxylic acids is 1. The lowest BCUT2D eigenvalue weighted by atomic mass is 10.1.